The van der Waals surface area contributed by atoms with Gasteiger partial charge in [-0.15, -0.1) is 0 Å². The summed E-state index contributed by atoms with van der Waals surface area (Å²) in [6.45, 7) is 4.15. The first-order valence-electron chi connectivity index (χ1n) is 6.26. The monoisotopic (exact) mass is 288 g/mol. The summed E-state index contributed by atoms with van der Waals surface area (Å²) in [6.07, 6.45) is 3.51. The molecule has 1 radical (unpaired) electrons. The first kappa shape index (κ1) is 17.6. The van der Waals surface area contributed by atoms with Crippen LogP contribution < -0.4 is 0 Å². The zero-order valence-corrected chi connectivity index (χ0v) is 12.9. The van der Waals surface area contributed by atoms with Crippen LogP contribution in [0.4, 0.5) is 0 Å². The molecule has 0 aromatic heterocycles. The zero-order chi connectivity index (χ0) is 14.0. The van der Waals surface area contributed by atoms with Crippen LogP contribution in [-0.2, 0) is 4.74 Å². The molecule has 18 heavy (non-hydrogen) atoms. The molecule has 0 saturated carbocycles. The first-order chi connectivity index (χ1) is 8.49. The van der Waals surface area contributed by atoms with Crippen LogP contribution in [0.2, 0.25) is 0 Å². The van der Waals surface area contributed by atoms with Gasteiger partial charge in [0.1, 0.15) is 18.9 Å². The molecular weight excluding hydrogens is 266 g/mol. The first-order valence-corrected chi connectivity index (χ1v) is 7.71. The smallest absolute Gasteiger partial charge is 0.208 e. The summed E-state index contributed by atoms with van der Waals surface area (Å²) >= 11 is 4.33. The highest BCUT2D eigenvalue weighted by Crippen LogP contribution is 2.19. The van der Waals surface area contributed by atoms with Gasteiger partial charge in [0.15, 0.2) is 0 Å². The highest BCUT2D eigenvalue weighted by molar-refractivity contribution is 7.83. The number of nitriles is 1. The fraction of sp³-hybridized carbons (Fsp3) is 0.833. The van der Waals surface area contributed by atoms with Gasteiger partial charge in [-0.2, -0.15) is 17.9 Å². The van der Waals surface area contributed by atoms with E-state index in [0.717, 1.165) is 25.7 Å². The van der Waals surface area contributed by atoms with E-state index in [2.05, 4.69) is 25.6 Å². The van der Waals surface area contributed by atoms with Gasteiger partial charge in [0.25, 0.3) is 0 Å². The molecule has 0 fully saturated rings. The van der Waals surface area contributed by atoms with Crippen molar-refractivity contribution >= 4 is 27.1 Å². The summed E-state index contributed by atoms with van der Waals surface area (Å²) < 4.78 is 3.96. The molecule has 0 aliphatic carbocycles. The molecule has 0 aliphatic rings. The third-order valence-corrected chi connectivity index (χ3v) is 4.41. The quantitative estimate of drug-likeness (QED) is 0.261. The molecule has 0 aliphatic heterocycles. The molecule has 0 rings (SSSR count). The van der Waals surface area contributed by atoms with Crippen LogP contribution in [0.15, 0.2) is 0 Å². The van der Waals surface area contributed by atoms with Crippen molar-refractivity contribution in [2.75, 3.05) is 6.61 Å². The van der Waals surface area contributed by atoms with Gasteiger partial charge in [0, 0.05) is 6.61 Å². The summed E-state index contributed by atoms with van der Waals surface area (Å²) in [5.41, 5.74) is 0. The Hall–Kier alpha value is -0.353. The molecule has 0 aromatic rings. The Kier molecular flexibility index (Phi) is 9.37. The lowest BCUT2D eigenvalue weighted by atomic mass is 10.1. The van der Waals surface area contributed by atoms with Gasteiger partial charge < -0.3 is 14.9 Å². The summed E-state index contributed by atoms with van der Waals surface area (Å²) in [5, 5.41) is 28.0. The second-order valence-corrected chi connectivity index (χ2v) is 6.90. The molecule has 0 amide bonds. The minimum absolute atomic E-state index is 0.205. The number of nitrogens with zero attached hydrogens (tertiary/aromatic N) is 1. The number of hydrogen-bond acceptors (Lipinski definition) is 5. The van der Waals surface area contributed by atoms with E-state index in [1.54, 1.807) is 6.92 Å². The minimum atomic E-state index is -1.32. The molecule has 2 N–H and O–H groups in total. The van der Waals surface area contributed by atoms with Crippen molar-refractivity contribution in [1.82, 2.24) is 0 Å². The molecule has 2 unspecified atom stereocenters. The lowest BCUT2D eigenvalue weighted by Gasteiger charge is -2.17. The van der Waals surface area contributed by atoms with Crippen molar-refractivity contribution in [3.8, 4) is 6.07 Å². The van der Waals surface area contributed by atoms with E-state index in [1.165, 1.54) is 0 Å². The largest absolute Gasteiger partial charge is 0.513 e. The van der Waals surface area contributed by atoms with Crippen LogP contribution in [0.25, 0.3) is 0 Å². The van der Waals surface area contributed by atoms with Crippen molar-refractivity contribution < 1.29 is 14.9 Å². The SMILES string of the molecule is CCCCCCC(S)(C#N)[Si]=C(O)C(O)OCC. The lowest BCUT2D eigenvalue weighted by Crippen LogP contribution is -2.34. The summed E-state index contributed by atoms with van der Waals surface area (Å²) in [6, 6.07) is 2.11. The fourth-order valence-electron chi connectivity index (χ4n) is 1.46. The van der Waals surface area contributed by atoms with Crippen LogP contribution in [0.1, 0.15) is 46.0 Å². The number of thiol groups is 1. The topological polar surface area (TPSA) is 73.5 Å². The average molecular weight is 288 g/mol. The van der Waals surface area contributed by atoms with Gasteiger partial charge in [-0.25, -0.2) is 0 Å². The Morgan fingerprint density at radius 2 is 2.11 bits per heavy atom. The molecule has 103 valence electrons. The van der Waals surface area contributed by atoms with Crippen molar-refractivity contribution in [2.45, 2.75) is 56.6 Å². The Morgan fingerprint density at radius 3 is 2.61 bits per heavy atom. The van der Waals surface area contributed by atoms with E-state index in [-0.39, 0.29) is 14.5 Å². The number of ether oxygens (including phenoxy) is 1. The van der Waals surface area contributed by atoms with Crippen LogP contribution in [-0.4, -0.2) is 42.0 Å². The maximum Gasteiger partial charge on any atom is 0.208 e. The molecule has 4 nitrogen and oxygen atoms in total. The highest BCUT2D eigenvalue weighted by Gasteiger charge is 2.25. The molecule has 0 aromatic carbocycles. The average Bonchev–Trinajstić information content (AvgIpc) is 2.35. The number of aliphatic hydroxyl groups is 2. The maximum absolute atomic E-state index is 9.67. The Morgan fingerprint density at radius 1 is 1.44 bits per heavy atom. The van der Waals surface area contributed by atoms with Crippen LogP contribution >= 0.6 is 12.6 Å². The van der Waals surface area contributed by atoms with Crippen molar-refractivity contribution in [3.63, 3.8) is 0 Å². The van der Waals surface area contributed by atoms with Gasteiger partial charge in [-0.05, 0) is 13.3 Å². The van der Waals surface area contributed by atoms with Gasteiger partial charge in [-0.1, -0.05) is 32.6 Å². The van der Waals surface area contributed by atoms with E-state index < -0.39 is 10.7 Å². The summed E-state index contributed by atoms with van der Waals surface area (Å²) in [4.78, 5) is 0. The van der Waals surface area contributed by atoms with E-state index in [1.807, 2.05) is 0 Å². The molecule has 2 atom stereocenters. The predicted octanol–water partition coefficient (Wildman–Crippen LogP) is 1.67. The number of rotatable bonds is 9. The molecule has 0 bridgehead atoms. The minimum Gasteiger partial charge on any atom is -0.513 e. The van der Waals surface area contributed by atoms with E-state index in [0.29, 0.717) is 13.0 Å². The standard InChI is InChI=1S/C12H22NO3SSi/c1-3-5-6-7-8-12(17,9-13)18-11(15)10(14)16-4-2/h10,14-15,17H,3-8H2,1-2H3. The van der Waals surface area contributed by atoms with Gasteiger partial charge in [0.2, 0.25) is 6.29 Å². The molecule has 0 saturated heterocycles. The van der Waals surface area contributed by atoms with Gasteiger partial charge in [-0.3, -0.25) is 0 Å². The Labute approximate surface area is 117 Å². The number of hydrogen-bond donors (Lipinski definition) is 3. The molecule has 0 spiro atoms. The van der Waals surface area contributed by atoms with E-state index >= 15 is 0 Å². The number of unbranched alkanes of at least 4 members (excludes halogenated alkanes) is 3. The predicted molar refractivity (Wildman–Crippen MR) is 76.4 cm³/mol. The van der Waals surface area contributed by atoms with Crippen LogP contribution in [0.3, 0.4) is 0 Å². The third-order valence-electron chi connectivity index (χ3n) is 2.47. The normalized spacial score (nSPS) is 16.9. The van der Waals surface area contributed by atoms with Gasteiger partial charge >= 0.3 is 0 Å². The lowest BCUT2D eigenvalue weighted by molar-refractivity contribution is -0.0520. The fourth-order valence-corrected chi connectivity index (χ4v) is 2.95. The van der Waals surface area contributed by atoms with E-state index in [9.17, 15) is 10.2 Å². The third kappa shape index (κ3) is 7.16. The Balaban J connectivity index is 4.45. The second-order valence-electron chi connectivity index (χ2n) is 4.10. The number of aliphatic hydroxyl groups excluding tert-OH is 2. The Bertz CT molecular complexity index is 306. The maximum atomic E-state index is 9.67. The summed E-state index contributed by atoms with van der Waals surface area (Å²) in [5.74, 6) is 0. The molecule has 0 heterocycles. The second kappa shape index (κ2) is 9.56. The zero-order valence-electron chi connectivity index (χ0n) is 11.0. The summed E-state index contributed by atoms with van der Waals surface area (Å²) in [7, 11) is -0.248. The van der Waals surface area contributed by atoms with Crippen LogP contribution in [0, 0.1) is 11.3 Å². The van der Waals surface area contributed by atoms with Gasteiger partial charge in [0.05, 0.1) is 6.07 Å². The van der Waals surface area contributed by atoms with Crippen molar-refractivity contribution in [2.24, 2.45) is 0 Å². The highest BCUT2D eigenvalue weighted by atomic mass is 32.1. The molecule has 6 heteroatoms. The van der Waals surface area contributed by atoms with Crippen molar-refractivity contribution in [1.29, 1.82) is 5.26 Å². The molecular formula is C12H22NO3SSi. The van der Waals surface area contributed by atoms with Crippen LogP contribution in [0.5, 0.6) is 0 Å². The van der Waals surface area contributed by atoms with Crippen molar-refractivity contribution in [3.05, 3.63) is 0 Å². The van der Waals surface area contributed by atoms with E-state index in [4.69, 9.17) is 10.00 Å².